The van der Waals surface area contributed by atoms with Crippen molar-refractivity contribution in [3.63, 3.8) is 0 Å². The lowest BCUT2D eigenvalue weighted by molar-refractivity contribution is -0.146. The van der Waals surface area contributed by atoms with Crippen molar-refractivity contribution in [3.05, 3.63) is 65.2 Å². The van der Waals surface area contributed by atoms with Crippen LogP contribution in [-0.2, 0) is 22.6 Å². The first-order chi connectivity index (χ1) is 11.7. The number of aryl methyl sites for hydroxylation is 1. The second-order valence-corrected chi connectivity index (χ2v) is 5.80. The molecule has 4 heteroatoms. The molecule has 3 rings (SSSR count). The summed E-state index contributed by atoms with van der Waals surface area (Å²) in [6.07, 6.45) is 1.17. The van der Waals surface area contributed by atoms with E-state index in [1.54, 1.807) is 19.1 Å². The maximum atomic E-state index is 12.5. The van der Waals surface area contributed by atoms with Crippen LogP contribution < -0.4 is 4.74 Å². The lowest BCUT2D eigenvalue weighted by Gasteiger charge is -2.22. The Balaban J connectivity index is 1.71. The van der Waals surface area contributed by atoms with Gasteiger partial charge >= 0.3 is 5.97 Å². The van der Waals surface area contributed by atoms with E-state index in [-0.39, 0.29) is 5.78 Å². The molecule has 1 aliphatic rings. The number of ketones is 1. The summed E-state index contributed by atoms with van der Waals surface area (Å²) in [6.45, 7) is 2.52. The minimum Gasteiger partial charge on any atom is -0.489 e. The van der Waals surface area contributed by atoms with Gasteiger partial charge in [0.15, 0.2) is 5.78 Å². The Bertz CT molecular complexity index is 737. The molecule has 4 nitrogen and oxygen atoms in total. The van der Waals surface area contributed by atoms with E-state index in [9.17, 15) is 9.59 Å². The number of Topliss-reactive ketones (excluding diaryl/α,β-unsaturated/α-hetero) is 1. The third kappa shape index (κ3) is 3.48. The predicted molar refractivity (Wildman–Crippen MR) is 90.0 cm³/mol. The maximum Gasteiger partial charge on any atom is 0.316 e. The van der Waals surface area contributed by atoms with E-state index in [1.165, 1.54) is 0 Å². The van der Waals surface area contributed by atoms with Gasteiger partial charge in [-0.3, -0.25) is 9.59 Å². The number of carbonyl (C=O) groups is 2. The molecule has 0 saturated carbocycles. The van der Waals surface area contributed by atoms with Gasteiger partial charge in [0.25, 0.3) is 0 Å². The van der Waals surface area contributed by atoms with E-state index in [0.717, 1.165) is 16.9 Å². The Morgan fingerprint density at radius 2 is 1.96 bits per heavy atom. The van der Waals surface area contributed by atoms with Gasteiger partial charge in [0.05, 0.1) is 6.61 Å². The molecule has 2 aromatic carbocycles. The van der Waals surface area contributed by atoms with Crippen LogP contribution >= 0.6 is 0 Å². The summed E-state index contributed by atoms with van der Waals surface area (Å²) in [5.74, 6) is -0.504. The van der Waals surface area contributed by atoms with Gasteiger partial charge in [0.1, 0.15) is 18.3 Å². The molecule has 124 valence electrons. The lowest BCUT2D eigenvalue weighted by Crippen LogP contribution is -2.31. The molecule has 0 bridgehead atoms. The van der Waals surface area contributed by atoms with E-state index < -0.39 is 11.9 Å². The highest BCUT2D eigenvalue weighted by Crippen LogP contribution is 2.29. The van der Waals surface area contributed by atoms with Crippen LogP contribution in [0, 0.1) is 5.92 Å². The number of hydrogen-bond donors (Lipinski definition) is 0. The molecular weight excluding hydrogens is 304 g/mol. The molecule has 2 aromatic rings. The van der Waals surface area contributed by atoms with E-state index in [2.05, 4.69) is 0 Å². The molecular formula is C20H20O4. The average molecular weight is 324 g/mol. The van der Waals surface area contributed by atoms with Gasteiger partial charge < -0.3 is 9.47 Å². The van der Waals surface area contributed by atoms with Crippen LogP contribution in [0.15, 0.2) is 48.5 Å². The second kappa shape index (κ2) is 7.30. The second-order valence-electron chi connectivity index (χ2n) is 5.80. The van der Waals surface area contributed by atoms with E-state index in [4.69, 9.17) is 9.47 Å². The molecule has 0 N–H and O–H groups in total. The zero-order valence-electron chi connectivity index (χ0n) is 13.7. The zero-order valence-corrected chi connectivity index (χ0v) is 13.7. The molecule has 0 heterocycles. The summed E-state index contributed by atoms with van der Waals surface area (Å²) in [5, 5.41) is 0. The van der Waals surface area contributed by atoms with Crippen LogP contribution in [0.3, 0.4) is 0 Å². The minimum atomic E-state index is -0.673. The van der Waals surface area contributed by atoms with Crippen molar-refractivity contribution in [1.82, 2.24) is 0 Å². The monoisotopic (exact) mass is 324 g/mol. The van der Waals surface area contributed by atoms with Gasteiger partial charge in [-0.2, -0.15) is 0 Å². The van der Waals surface area contributed by atoms with E-state index >= 15 is 0 Å². The predicted octanol–water partition coefficient (Wildman–Crippen LogP) is 3.57. The van der Waals surface area contributed by atoms with Crippen LogP contribution in [-0.4, -0.2) is 18.4 Å². The molecule has 0 saturated heterocycles. The number of benzene rings is 2. The number of esters is 1. The summed E-state index contributed by atoms with van der Waals surface area (Å²) in [6, 6.07) is 15.4. The Morgan fingerprint density at radius 3 is 2.71 bits per heavy atom. The van der Waals surface area contributed by atoms with Crippen molar-refractivity contribution in [2.24, 2.45) is 5.92 Å². The fourth-order valence-electron chi connectivity index (χ4n) is 2.93. The topological polar surface area (TPSA) is 52.6 Å². The van der Waals surface area contributed by atoms with Crippen molar-refractivity contribution < 1.29 is 19.1 Å². The number of hydrogen-bond acceptors (Lipinski definition) is 4. The first-order valence-electron chi connectivity index (χ1n) is 8.19. The summed E-state index contributed by atoms with van der Waals surface area (Å²) in [5.41, 5.74) is 2.63. The van der Waals surface area contributed by atoms with Crippen LogP contribution in [0.4, 0.5) is 0 Å². The number of fused-ring (bicyclic) bond motifs is 1. The minimum absolute atomic E-state index is 0.149. The van der Waals surface area contributed by atoms with Gasteiger partial charge in [-0.25, -0.2) is 0 Å². The Kier molecular flexibility index (Phi) is 4.94. The van der Waals surface area contributed by atoms with Gasteiger partial charge in [-0.1, -0.05) is 30.3 Å². The number of ether oxygens (including phenoxy) is 2. The van der Waals surface area contributed by atoms with Crippen molar-refractivity contribution in [3.8, 4) is 5.75 Å². The van der Waals surface area contributed by atoms with Crippen LogP contribution in [0.25, 0.3) is 0 Å². The highest BCUT2D eigenvalue weighted by molar-refractivity contribution is 6.10. The largest absolute Gasteiger partial charge is 0.489 e. The van der Waals surface area contributed by atoms with E-state index in [0.29, 0.717) is 31.6 Å². The fourth-order valence-corrected chi connectivity index (χ4v) is 2.93. The molecule has 0 fully saturated rings. The Hall–Kier alpha value is -2.62. The van der Waals surface area contributed by atoms with Gasteiger partial charge in [0, 0.05) is 5.56 Å². The summed E-state index contributed by atoms with van der Waals surface area (Å²) in [4.78, 5) is 24.4. The van der Waals surface area contributed by atoms with Crippen LogP contribution in [0.2, 0.25) is 0 Å². The van der Waals surface area contributed by atoms with Gasteiger partial charge in [0.2, 0.25) is 0 Å². The summed E-state index contributed by atoms with van der Waals surface area (Å²) in [7, 11) is 0. The normalized spacial score (nSPS) is 16.4. The van der Waals surface area contributed by atoms with Gasteiger partial charge in [-0.15, -0.1) is 0 Å². The van der Waals surface area contributed by atoms with Crippen LogP contribution in [0.1, 0.15) is 34.8 Å². The molecule has 0 spiro atoms. The smallest absolute Gasteiger partial charge is 0.316 e. The number of carbonyl (C=O) groups excluding carboxylic acids is 2. The highest BCUT2D eigenvalue weighted by Gasteiger charge is 2.33. The summed E-state index contributed by atoms with van der Waals surface area (Å²) < 4.78 is 10.8. The average Bonchev–Trinajstić information content (AvgIpc) is 2.61. The third-order valence-electron chi connectivity index (χ3n) is 4.18. The molecule has 0 radical (unpaired) electrons. The number of rotatable bonds is 5. The molecule has 24 heavy (non-hydrogen) atoms. The molecule has 0 amide bonds. The molecule has 1 atom stereocenters. The third-order valence-corrected chi connectivity index (χ3v) is 4.18. The fraction of sp³-hybridized carbons (Fsp3) is 0.300. The highest BCUT2D eigenvalue weighted by atomic mass is 16.5. The SMILES string of the molecule is CCOC(=O)C1CCc2cc(OCc3ccccc3)ccc2C1=O. The molecule has 1 unspecified atom stereocenters. The van der Waals surface area contributed by atoms with Gasteiger partial charge in [-0.05, 0) is 49.1 Å². The van der Waals surface area contributed by atoms with Crippen molar-refractivity contribution in [2.45, 2.75) is 26.4 Å². The molecule has 0 aromatic heterocycles. The first-order valence-corrected chi connectivity index (χ1v) is 8.19. The van der Waals surface area contributed by atoms with Crippen LogP contribution in [0.5, 0.6) is 5.75 Å². The molecule has 0 aliphatic heterocycles. The summed E-state index contributed by atoms with van der Waals surface area (Å²) >= 11 is 0. The maximum absolute atomic E-state index is 12.5. The standard InChI is InChI=1S/C20H20O4/c1-2-23-20(22)18-10-8-15-12-16(9-11-17(15)19(18)21)24-13-14-6-4-3-5-7-14/h3-7,9,11-12,18H,2,8,10,13H2,1H3. The van der Waals surface area contributed by atoms with Crippen molar-refractivity contribution in [1.29, 1.82) is 0 Å². The molecule has 1 aliphatic carbocycles. The Morgan fingerprint density at radius 1 is 1.17 bits per heavy atom. The van der Waals surface area contributed by atoms with Crippen molar-refractivity contribution in [2.75, 3.05) is 6.61 Å². The lowest BCUT2D eigenvalue weighted by atomic mass is 9.82. The van der Waals surface area contributed by atoms with Crippen molar-refractivity contribution >= 4 is 11.8 Å². The Labute approximate surface area is 141 Å². The van der Waals surface area contributed by atoms with E-state index in [1.807, 2.05) is 36.4 Å². The quantitative estimate of drug-likeness (QED) is 0.623. The first kappa shape index (κ1) is 16.2. The zero-order chi connectivity index (χ0) is 16.9.